The fourth-order valence-electron chi connectivity index (χ4n) is 3.16. The molecule has 0 saturated heterocycles. The summed E-state index contributed by atoms with van der Waals surface area (Å²) in [5.41, 5.74) is 2.30. The van der Waals surface area contributed by atoms with Crippen molar-refractivity contribution in [2.45, 2.75) is 20.4 Å². The number of hydrogen-bond donors (Lipinski definition) is 0. The second-order valence-corrected chi connectivity index (χ2v) is 7.91. The minimum Gasteiger partial charge on any atom is -0.496 e. The van der Waals surface area contributed by atoms with Crippen LogP contribution in [-0.2, 0) is 16.1 Å². The van der Waals surface area contributed by atoms with Crippen molar-refractivity contribution in [3.8, 4) is 5.75 Å². The van der Waals surface area contributed by atoms with Crippen LogP contribution in [0.25, 0.3) is 5.57 Å². The standard InChI is InChI=1S/C22H19ClFNO3S/c1-13-21(14(2)27)29-22(25(13)11-15-5-4-6-17(24)9-15)19(12-26)18-10-16(23)7-8-20(18)28-3/h4-10,12H,11H2,1-3H3/b22-19+. The molecule has 0 N–H and O–H groups in total. The molecule has 0 aromatic heterocycles. The first kappa shape index (κ1) is 21.1. The Morgan fingerprint density at radius 3 is 2.66 bits per heavy atom. The molecule has 0 aliphatic carbocycles. The highest BCUT2D eigenvalue weighted by Crippen LogP contribution is 2.46. The zero-order chi connectivity index (χ0) is 21.1. The molecule has 29 heavy (non-hydrogen) atoms. The largest absolute Gasteiger partial charge is 0.496 e. The van der Waals surface area contributed by atoms with Gasteiger partial charge in [0.15, 0.2) is 12.1 Å². The van der Waals surface area contributed by atoms with Gasteiger partial charge in [0.25, 0.3) is 0 Å². The number of methoxy groups -OCH3 is 1. The van der Waals surface area contributed by atoms with E-state index in [0.29, 0.717) is 44.1 Å². The summed E-state index contributed by atoms with van der Waals surface area (Å²) in [5, 5.41) is 1.03. The first-order valence-electron chi connectivity index (χ1n) is 8.80. The number of Topliss-reactive ketones (excluding diaryl/α,β-unsaturated/α-hetero) is 1. The number of benzene rings is 2. The molecule has 4 nitrogen and oxygen atoms in total. The number of carbonyl (C=O) groups is 2. The third-order valence-corrected chi connectivity index (χ3v) is 6.18. The number of halogens is 2. The molecule has 0 saturated carbocycles. The van der Waals surface area contributed by atoms with Crippen LogP contribution in [0.2, 0.25) is 5.02 Å². The minimum atomic E-state index is -0.347. The topological polar surface area (TPSA) is 46.6 Å². The van der Waals surface area contributed by atoms with E-state index < -0.39 is 0 Å². The van der Waals surface area contributed by atoms with E-state index in [0.717, 1.165) is 11.8 Å². The lowest BCUT2D eigenvalue weighted by Crippen LogP contribution is -2.18. The van der Waals surface area contributed by atoms with Gasteiger partial charge in [0.05, 0.1) is 22.6 Å². The summed E-state index contributed by atoms with van der Waals surface area (Å²) in [4.78, 5) is 26.7. The Labute approximate surface area is 178 Å². The molecule has 7 heteroatoms. The van der Waals surface area contributed by atoms with Gasteiger partial charge in [0.1, 0.15) is 11.6 Å². The summed E-state index contributed by atoms with van der Waals surface area (Å²) >= 11 is 7.38. The zero-order valence-electron chi connectivity index (χ0n) is 16.2. The summed E-state index contributed by atoms with van der Waals surface area (Å²) in [5.74, 6) is 0.0414. The number of carbonyl (C=O) groups excluding carboxylic acids is 2. The molecule has 1 aliphatic rings. The number of hydrogen-bond acceptors (Lipinski definition) is 5. The third kappa shape index (κ3) is 4.38. The van der Waals surface area contributed by atoms with Crippen LogP contribution in [0, 0.1) is 5.82 Å². The lowest BCUT2D eigenvalue weighted by atomic mass is 10.1. The second-order valence-electron chi connectivity index (χ2n) is 6.47. The average Bonchev–Trinajstić information content (AvgIpc) is 2.99. The number of ether oxygens (including phenoxy) is 1. The van der Waals surface area contributed by atoms with Crippen LogP contribution in [0.15, 0.2) is 58.1 Å². The predicted octanol–water partition coefficient (Wildman–Crippen LogP) is 5.42. The Bertz CT molecular complexity index is 1050. The van der Waals surface area contributed by atoms with Crippen molar-refractivity contribution < 1.29 is 18.7 Å². The molecule has 1 heterocycles. The molecule has 0 unspecified atom stereocenters. The number of ketones is 1. The van der Waals surface area contributed by atoms with Gasteiger partial charge in [-0.25, -0.2) is 4.39 Å². The first-order valence-corrected chi connectivity index (χ1v) is 10.00. The predicted molar refractivity (Wildman–Crippen MR) is 114 cm³/mol. The quantitative estimate of drug-likeness (QED) is 0.451. The number of thioether (sulfide) groups is 1. The van der Waals surface area contributed by atoms with Crippen molar-refractivity contribution in [2.24, 2.45) is 0 Å². The SMILES string of the molecule is COc1ccc(Cl)cc1/C(C=O)=C1/SC(C(C)=O)=C(C)N1Cc1cccc(F)c1. The van der Waals surface area contributed by atoms with Crippen LogP contribution in [0.1, 0.15) is 25.0 Å². The molecule has 1 aliphatic heterocycles. The fraction of sp³-hybridized carbons (Fsp3) is 0.182. The minimum absolute atomic E-state index is 0.102. The van der Waals surface area contributed by atoms with Gasteiger partial charge in [-0.2, -0.15) is 0 Å². The summed E-state index contributed by atoms with van der Waals surface area (Å²) in [7, 11) is 1.51. The molecular weight excluding hydrogens is 413 g/mol. The normalized spacial score (nSPS) is 15.6. The highest BCUT2D eigenvalue weighted by Gasteiger charge is 2.31. The van der Waals surface area contributed by atoms with Crippen LogP contribution >= 0.6 is 23.4 Å². The van der Waals surface area contributed by atoms with Gasteiger partial charge in [-0.05, 0) is 49.7 Å². The summed E-state index contributed by atoms with van der Waals surface area (Å²) in [6.45, 7) is 3.60. The Morgan fingerprint density at radius 2 is 2.03 bits per heavy atom. The van der Waals surface area contributed by atoms with Crippen molar-refractivity contribution >= 4 is 41.0 Å². The smallest absolute Gasteiger partial charge is 0.168 e. The number of nitrogens with zero attached hydrogens (tertiary/aromatic N) is 1. The molecule has 150 valence electrons. The van der Waals surface area contributed by atoms with Crippen molar-refractivity contribution in [3.63, 3.8) is 0 Å². The summed E-state index contributed by atoms with van der Waals surface area (Å²) < 4.78 is 19.1. The van der Waals surface area contributed by atoms with Gasteiger partial charge in [-0.1, -0.05) is 35.5 Å². The highest BCUT2D eigenvalue weighted by atomic mass is 35.5. The Morgan fingerprint density at radius 1 is 1.28 bits per heavy atom. The van der Waals surface area contributed by atoms with E-state index >= 15 is 0 Å². The van der Waals surface area contributed by atoms with Crippen molar-refractivity contribution in [1.29, 1.82) is 0 Å². The van der Waals surface area contributed by atoms with Gasteiger partial charge in [0, 0.05) is 22.8 Å². The monoisotopic (exact) mass is 431 g/mol. The maximum Gasteiger partial charge on any atom is 0.168 e. The van der Waals surface area contributed by atoms with Crippen molar-refractivity contribution in [2.75, 3.05) is 7.11 Å². The summed E-state index contributed by atoms with van der Waals surface area (Å²) in [6, 6.07) is 11.2. The molecule has 3 rings (SSSR count). The van der Waals surface area contributed by atoms with E-state index in [9.17, 15) is 14.0 Å². The van der Waals surface area contributed by atoms with Crippen molar-refractivity contribution in [1.82, 2.24) is 4.90 Å². The van der Waals surface area contributed by atoms with E-state index in [4.69, 9.17) is 16.3 Å². The zero-order valence-corrected chi connectivity index (χ0v) is 17.7. The molecule has 0 atom stereocenters. The number of aldehydes is 1. The lowest BCUT2D eigenvalue weighted by Gasteiger charge is -2.23. The number of rotatable bonds is 6. The van der Waals surface area contributed by atoms with E-state index in [1.165, 1.54) is 37.9 Å². The highest BCUT2D eigenvalue weighted by molar-refractivity contribution is 8.08. The second kappa shape index (κ2) is 8.84. The third-order valence-electron chi connectivity index (χ3n) is 4.53. The fourth-order valence-corrected chi connectivity index (χ4v) is 4.50. The summed E-state index contributed by atoms with van der Waals surface area (Å²) in [6.07, 6.45) is 0.728. The molecule has 0 bridgehead atoms. The van der Waals surface area contributed by atoms with Gasteiger partial charge < -0.3 is 9.64 Å². The van der Waals surface area contributed by atoms with E-state index in [1.807, 2.05) is 11.8 Å². The Balaban J connectivity index is 2.17. The molecule has 2 aromatic rings. The molecule has 0 radical (unpaired) electrons. The average molecular weight is 432 g/mol. The number of allylic oxidation sites excluding steroid dienone is 3. The van der Waals surface area contributed by atoms with Crippen LogP contribution in [0.3, 0.4) is 0 Å². The molecular formula is C22H19ClFNO3S. The van der Waals surface area contributed by atoms with Crippen LogP contribution in [-0.4, -0.2) is 24.1 Å². The maximum atomic E-state index is 13.7. The van der Waals surface area contributed by atoms with Crippen LogP contribution < -0.4 is 4.74 Å². The van der Waals surface area contributed by atoms with Crippen molar-refractivity contribution in [3.05, 3.63) is 80.1 Å². The van der Waals surface area contributed by atoms with E-state index in [1.54, 1.807) is 30.3 Å². The van der Waals surface area contributed by atoms with Crippen LogP contribution in [0.4, 0.5) is 4.39 Å². The lowest BCUT2D eigenvalue weighted by molar-refractivity contribution is -0.113. The van der Waals surface area contributed by atoms with Gasteiger partial charge in [-0.15, -0.1) is 0 Å². The van der Waals surface area contributed by atoms with Gasteiger partial charge in [-0.3, -0.25) is 9.59 Å². The maximum absolute atomic E-state index is 13.7. The molecule has 0 spiro atoms. The van der Waals surface area contributed by atoms with Crippen LogP contribution in [0.5, 0.6) is 5.75 Å². The van der Waals surface area contributed by atoms with Gasteiger partial charge >= 0.3 is 0 Å². The van der Waals surface area contributed by atoms with E-state index in [2.05, 4.69) is 0 Å². The van der Waals surface area contributed by atoms with Gasteiger partial charge in [0.2, 0.25) is 0 Å². The molecule has 0 amide bonds. The first-order chi connectivity index (χ1) is 13.8. The molecule has 2 aromatic carbocycles. The Hall–Kier alpha value is -2.57. The molecule has 0 fully saturated rings. The Kier molecular flexibility index (Phi) is 6.45. The van der Waals surface area contributed by atoms with E-state index in [-0.39, 0.29) is 11.6 Å².